The standard InChI is InChI=1S/C14H18O2/c1-11-6-2-5-9-13(11)14(15)10-16-12-7-3-4-8-12/h2,5-6,9,12H,3-4,7-8,10H2,1H3. The van der Waals surface area contributed by atoms with Crippen molar-refractivity contribution in [3.05, 3.63) is 35.4 Å². The van der Waals surface area contributed by atoms with Crippen LogP contribution in [0.1, 0.15) is 41.6 Å². The number of carbonyl (C=O) groups excluding carboxylic acids is 1. The van der Waals surface area contributed by atoms with Crippen LogP contribution < -0.4 is 0 Å². The van der Waals surface area contributed by atoms with Crippen molar-refractivity contribution in [2.45, 2.75) is 38.7 Å². The monoisotopic (exact) mass is 218 g/mol. The number of carbonyl (C=O) groups is 1. The Labute approximate surface area is 96.6 Å². The average molecular weight is 218 g/mol. The molecule has 1 aliphatic rings. The van der Waals surface area contributed by atoms with Gasteiger partial charge in [-0.1, -0.05) is 37.1 Å². The Morgan fingerprint density at radius 2 is 2.00 bits per heavy atom. The molecule has 1 aromatic rings. The Morgan fingerprint density at radius 1 is 1.31 bits per heavy atom. The molecular weight excluding hydrogens is 200 g/mol. The fourth-order valence-corrected chi connectivity index (χ4v) is 2.21. The summed E-state index contributed by atoms with van der Waals surface area (Å²) in [4.78, 5) is 11.9. The van der Waals surface area contributed by atoms with Crippen LogP contribution in [0, 0.1) is 6.92 Å². The van der Waals surface area contributed by atoms with Crippen molar-refractivity contribution < 1.29 is 9.53 Å². The maximum atomic E-state index is 11.9. The van der Waals surface area contributed by atoms with E-state index >= 15 is 0 Å². The van der Waals surface area contributed by atoms with Crippen molar-refractivity contribution in [1.82, 2.24) is 0 Å². The highest BCUT2D eigenvalue weighted by Gasteiger charge is 2.17. The summed E-state index contributed by atoms with van der Waals surface area (Å²) >= 11 is 0. The molecule has 0 atom stereocenters. The molecule has 0 bridgehead atoms. The van der Waals surface area contributed by atoms with Crippen LogP contribution in [0.5, 0.6) is 0 Å². The zero-order valence-electron chi connectivity index (χ0n) is 9.74. The fraction of sp³-hybridized carbons (Fsp3) is 0.500. The lowest BCUT2D eigenvalue weighted by molar-refractivity contribution is 0.0482. The van der Waals surface area contributed by atoms with Crippen molar-refractivity contribution in [1.29, 1.82) is 0 Å². The van der Waals surface area contributed by atoms with Crippen molar-refractivity contribution >= 4 is 5.78 Å². The van der Waals surface area contributed by atoms with E-state index in [4.69, 9.17) is 4.74 Å². The second-order valence-corrected chi connectivity index (χ2v) is 4.46. The summed E-state index contributed by atoms with van der Waals surface area (Å²) in [7, 11) is 0. The fourth-order valence-electron chi connectivity index (χ4n) is 2.21. The lowest BCUT2D eigenvalue weighted by Gasteiger charge is -2.10. The minimum Gasteiger partial charge on any atom is -0.370 e. The second-order valence-electron chi connectivity index (χ2n) is 4.46. The zero-order valence-corrected chi connectivity index (χ0v) is 9.74. The minimum atomic E-state index is 0.102. The molecule has 0 amide bonds. The normalized spacial score (nSPS) is 16.6. The molecule has 1 fully saturated rings. The van der Waals surface area contributed by atoms with Crippen LogP contribution in [0.15, 0.2) is 24.3 Å². The summed E-state index contributed by atoms with van der Waals surface area (Å²) in [5.41, 5.74) is 1.82. The van der Waals surface area contributed by atoms with Gasteiger partial charge in [-0.3, -0.25) is 4.79 Å². The number of ketones is 1. The van der Waals surface area contributed by atoms with Gasteiger partial charge in [0.15, 0.2) is 5.78 Å². The smallest absolute Gasteiger partial charge is 0.188 e. The van der Waals surface area contributed by atoms with Crippen molar-refractivity contribution in [3.8, 4) is 0 Å². The zero-order chi connectivity index (χ0) is 11.4. The molecule has 0 radical (unpaired) electrons. The van der Waals surface area contributed by atoms with E-state index in [1.807, 2.05) is 31.2 Å². The first-order chi connectivity index (χ1) is 7.77. The molecule has 1 aromatic carbocycles. The van der Waals surface area contributed by atoms with Gasteiger partial charge in [-0.15, -0.1) is 0 Å². The summed E-state index contributed by atoms with van der Waals surface area (Å²) in [5.74, 6) is 0.102. The molecule has 0 heterocycles. The van der Waals surface area contributed by atoms with E-state index in [0.717, 1.165) is 24.0 Å². The van der Waals surface area contributed by atoms with Gasteiger partial charge >= 0.3 is 0 Å². The number of aryl methyl sites for hydroxylation is 1. The third-order valence-corrected chi connectivity index (χ3v) is 3.20. The van der Waals surface area contributed by atoms with Crippen LogP contribution in [-0.4, -0.2) is 18.5 Å². The molecule has 2 nitrogen and oxygen atoms in total. The Morgan fingerprint density at radius 3 is 2.69 bits per heavy atom. The Hall–Kier alpha value is -1.15. The van der Waals surface area contributed by atoms with Crippen molar-refractivity contribution in [3.63, 3.8) is 0 Å². The van der Waals surface area contributed by atoms with Gasteiger partial charge in [0.25, 0.3) is 0 Å². The molecule has 1 aliphatic carbocycles. The maximum absolute atomic E-state index is 11.9. The molecule has 0 saturated heterocycles. The molecule has 2 rings (SSSR count). The van der Waals surface area contributed by atoms with Gasteiger partial charge in [-0.25, -0.2) is 0 Å². The first kappa shape index (κ1) is 11.3. The Balaban J connectivity index is 1.90. The predicted molar refractivity (Wildman–Crippen MR) is 63.7 cm³/mol. The van der Waals surface area contributed by atoms with E-state index in [1.54, 1.807) is 0 Å². The van der Waals surface area contributed by atoms with E-state index < -0.39 is 0 Å². The highest BCUT2D eigenvalue weighted by atomic mass is 16.5. The molecular formula is C14H18O2. The first-order valence-corrected chi connectivity index (χ1v) is 5.98. The number of ether oxygens (including phenoxy) is 1. The van der Waals surface area contributed by atoms with Gasteiger partial charge in [0.2, 0.25) is 0 Å². The third-order valence-electron chi connectivity index (χ3n) is 3.20. The maximum Gasteiger partial charge on any atom is 0.188 e. The van der Waals surface area contributed by atoms with E-state index in [0.29, 0.717) is 6.10 Å². The topological polar surface area (TPSA) is 26.3 Å². The summed E-state index contributed by atoms with van der Waals surface area (Å²) < 4.78 is 5.62. The van der Waals surface area contributed by atoms with E-state index in [-0.39, 0.29) is 12.4 Å². The van der Waals surface area contributed by atoms with Gasteiger partial charge in [-0.2, -0.15) is 0 Å². The number of hydrogen-bond donors (Lipinski definition) is 0. The van der Waals surface area contributed by atoms with Crippen molar-refractivity contribution in [2.24, 2.45) is 0 Å². The van der Waals surface area contributed by atoms with Crippen LogP contribution in [0.3, 0.4) is 0 Å². The van der Waals surface area contributed by atoms with Crippen molar-refractivity contribution in [2.75, 3.05) is 6.61 Å². The highest BCUT2D eigenvalue weighted by molar-refractivity contribution is 5.98. The third kappa shape index (κ3) is 2.70. The number of benzene rings is 1. The Kier molecular flexibility index (Phi) is 3.73. The number of rotatable bonds is 4. The summed E-state index contributed by atoms with van der Waals surface area (Å²) in [6.45, 7) is 2.19. The largest absolute Gasteiger partial charge is 0.370 e. The first-order valence-electron chi connectivity index (χ1n) is 5.98. The van der Waals surface area contributed by atoms with Crippen LogP contribution in [0.4, 0.5) is 0 Å². The molecule has 1 saturated carbocycles. The van der Waals surface area contributed by atoms with Gasteiger partial charge in [0.05, 0.1) is 6.10 Å². The molecule has 2 heteroatoms. The van der Waals surface area contributed by atoms with Crippen LogP contribution >= 0.6 is 0 Å². The molecule has 86 valence electrons. The predicted octanol–water partition coefficient (Wildman–Crippen LogP) is 3.14. The van der Waals surface area contributed by atoms with E-state index in [1.165, 1.54) is 12.8 Å². The quantitative estimate of drug-likeness (QED) is 0.726. The summed E-state index contributed by atoms with van der Waals surface area (Å²) in [6.07, 6.45) is 5.02. The van der Waals surface area contributed by atoms with Crippen LogP contribution in [0.25, 0.3) is 0 Å². The van der Waals surface area contributed by atoms with Crippen LogP contribution in [-0.2, 0) is 4.74 Å². The van der Waals surface area contributed by atoms with Gasteiger partial charge in [-0.05, 0) is 25.3 Å². The molecule has 16 heavy (non-hydrogen) atoms. The highest BCUT2D eigenvalue weighted by Crippen LogP contribution is 2.21. The summed E-state index contributed by atoms with van der Waals surface area (Å²) in [5, 5.41) is 0. The molecule has 0 aliphatic heterocycles. The SMILES string of the molecule is Cc1ccccc1C(=O)COC1CCCC1. The second kappa shape index (κ2) is 5.26. The molecule has 0 spiro atoms. The lowest BCUT2D eigenvalue weighted by atomic mass is 10.1. The molecule has 0 unspecified atom stereocenters. The Bertz CT molecular complexity index is 365. The average Bonchev–Trinajstić information content (AvgIpc) is 2.79. The molecule has 0 N–H and O–H groups in total. The van der Waals surface area contributed by atoms with E-state index in [9.17, 15) is 4.79 Å². The van der Waals surface area contributed by atoms with E-state index in [2.05, 4.69) is 0 Å². The number of hydrogen-bond acceptors (Lipinski definition) is 2. The minimum absolute atomic E-state index is 0.102. The van der Waals surface area contributed by atoms with Gasteiger partial charge in [0.1, 0.15) is 6.61 Å². The van der Waals surface area contributed by atoms with Gasteiger partial charge in [0, 0.05) is 5.56 Å². The number of Topliss-reactive ketones (excluding diaryl/α,β-unsaturated/α-hetero) is 1. The summed E-state index contributed by atoms with van der Waals surface area (Å²) in [6, 6.07) is 7.68. The van der Waals surface area contributed by atoms with Gasteiger partial charge < -0.3 is 4.74 Å². The molecule has 0 aromatic heterocycles. The van der Waals surface area contributed by atoms with Crippen LogP contribution in [0.2, 0.25) is 0 Å². The lowest BCUT2D eigenvalue weighted by Crippen LogP contribution is -2.16.